The van der Waals surface area contributed by atoms with E-state index in [0.29, 0.717) is 24.7 Å². The maximum absolute atomic E-state index is 10.7. The van der Waals surface area contributed by atoms with Gasteiger partial charge in [-0.3, -0.25) is 0 Å². The van der Waals surface area contributed by atoms with Crippen molar-refractivity contribution in [2.45, 2.75) is 6.42 Å². The zero-order valence-electron chi connectivity index (χ0n) is 8.16. The Morgan fingerprint density at radius 2 is 2.27 bits per heavy atom. The summed E-state index contributed by atoms with van der Waals surface area (Å²) < 4.78 is 23.8. The molecule has 0 fully saturated rings. The molecule has 1 aromatic heterocycles. The van der Waals surface area contributed by atoms with Crippen LogP contribution in [0.4, 0.5) is 5.13 Å². The van der Waals surface area contributed by atoms with Gasteiger partial charge in [-0.05, 0) is 6.42 Å². The van der Waals surface area contributed by atoms with Crippen molar-refractivity contribution in [3.63, 3.8) is 0 Å². The van der Waals surface area contributed by atoms with Crippen LogP contribution in [0.3, 0.4) is 0 Å². The highest BCUT2D eigenvalue weighted by molar-refractivity contribution is 7.88. The van der Waals surface area contributed by atoms with Gasteiger partial charge >= 0.3 is 0 Å². The largest absolute Gasteiger partial charge is 0.361 e. The zero-order chi connectivity index (χ0) is 11.3. The highest BCUT2D eigenvalue weighted by Gasteiger charge is 2.00. The number of aromatic nitrogens is 1. The summed E-state index contributed by atoms with van der Waals surface area (Å²) in [4.78, 5) is 3.99. The van der Waals surface area contributed by atoms with Gasteiger partial charge in [0.1, 0.15) is 5.15 Å². The Morgan fingerprint density at radius 1 is 1.53 bits per heavy atom. The van der Waals surface area contributed by atoms with Crippen molar-refractivity contribution < 1.29 is 8.42 Å². The van der Waals surface area contributed by atoms with Crippen LogP contribution >= 0.6 is 22.9 Å². The lowest BCUT2D eigenvalue weighted by atomic mass is 10.4. The van der Waals surface area contributed by atoms with Gasteiger partial charge in [-0.2, -0.15) is 0 Å². The molecule has 0 atom stereocenters. The van der Waals surface area contributed by atoms with E-state index >= 15 is 0 Å². The maximum Gasteiger partial charge on any atom is 0.208 e. The molecule has 2 N–H and O–H groups in total. The fraction of sp³-hybridized carbons (Fsp3) is 0.571. The molecule has 1 rings (SSSR count). The fourth-order valence-electron chi connectivity index (χ4n) is 0.877. The normalized spacial score (nSPS) is 11.6. The number of hydrogen-bond acceptors (Lipinski definition) is 5. The molecule has 0 spiro atoms. The Kier molecular flexibility index (Phi) is 4.78. The summed E-state index contributed by atoms with van der Waals surface area (Å²) >= 11 is 7.05. The number of anilines is 1. The van der Waals surface area contributed by atoms with Gasteiger partial charge in [0.2, 0.25) is 10.0 Å². The molecule has 0 unspecified atom stereocenters. The van der Waals surface area contributed by atoms with Crippen molar-refractivity contribution in [2.24, 2.45) is 0 Å². The van der Waals surface area contributed by atoms with Crippen molar-refractivity contribution in [3.05, 3.63) is 10.5 Å². The summed E-state index contributed by atoms with van der Waals surface area (Å²) in [5.41, 5.74) is 0. The van der Waals surface area contributed by atoms with E-state index in [9.17, 15) is 8.42 Å². The molecule has 5 nitrogen and oxygen atoms in total. The van der Waals surface area contributed by atoms with Crippen LogP contribution < -0.4 is 10.0 Å². The van der Waals surface area contributed by atoms with Gasteiger partial charge in [-0.1, -0.05) is 11.6 Å². The second-order valence-corrected chi connectivity index (χ2v) is 6.00. The van der Waals surface area contributed by atoms with Gasteiger partial charge in [0, 0.05) is 18.5 Å². The Labute approximate surface area is 97.9 Å². The molecule has 0 aliphatic heterocycles. The first-order valence-corrected chi connectivity index (χ1v) is 7.42. The third kappa shape index (κ3) is 5.93. The van der Waals surface area contributed by atoms with Crippen LogP contribution in [0, 0.1) is 0 Å². The molecular formula is C7H12ClN3O2S2. The van der Waals surface area contributed by atoms with Crippen molar-refractivity contribution in [1.82, 2.24) is 9.71 Å². The monoisotopic (exact) mass is 269 g/mol. The predicted molar refractivity (Wildman–Crippen MR) is 63.1 cm³/mol. The molecule has 0 aliphatic rings. The Balaban J connectivity index is 2.12. The van der Waals surface area contributed by atoms with Crippen LogP contribution in [-0.2, 0) is 10.0 Å². The Hall–Kier alpha value is -0.370. The molecule has 1 heterocycles. The first-order chi connectivity index (χ1) is 6.97. The lowest BCUT2D eigenvalue weighted by Crippen LogP contribution is -2.24. The van der Waals surface area contributed by atoms with Gasteiger partial charge < -0.3 is 5.32 Å². The highest BCUT2D eigenvalue weighted by Crippen LogP contribution is 2.18. The van der Waals surface area contributed by atoms with E-state index in [1.165, 1.54) is 11.3 Å². The minimum atomic E-state index is -3.08. The Morgan fingerprint density at radius 3 is 2.80 bits per heavy atom. The van der Waals surface area contributed by atoms with E-state index in [2.05, 4.69) is 15.0 Å². The summed E-state index contributed by atoms with van der Waals surface area (Å²) in [6.45, 7) is 1.08. The molecule has 0 bridgehead atoms. The molecule has 1 aromatic rings. The zero-order valence-corrected chi connectivity index (χ0v) is 10.5. The molecule has 0 aliphatic carbocycles. The highest BCUT2D eigenvalue weighted by atomic mass is 35.5. The van der Waals surface area contributed by atoms with E-state index in [1.807, 2.05) is 0 Å². The number of halogens is 1. The fourth-order valence-corrected chi connectivity index (χ4v) is 2.26. The van der Waals surface area contributed by atoms with Crippen LogP contribution in [0.1, 0.15) is 6.42 Å². The average Bonchev–Trinajstić information content (AvgIpc) is 2.49. The number of thiazole rings is 1. The summed E-state index contributed by atoms with van der Waals surface area (Å²) in [5, 5.41) is 5.99. The number of hydrogen-bond donors (Lipinski definition) is 2. The van der Waals surface area contributed by atoms with Crippen molar-refractivity contribution >= 4 is 38.1 Å². The number of nitrogens with zero attached hydrogens (tertiary/aromatic N) is 1. The Bertz CT molecular complexity index is 404. The van der Waals surface area contributed by atoms with Crippen LogP contribution in [0.5, 0.6) is 0 Å². The number of nitrogens with one attached hydrogen (secondary N) is 2. The topological polar surface area (TPSA) is 71.1 Å². The minimum absolute atomic E-state index is 0.422. The van der Waals surface area contributed by atoms with Gasteiger partial charge in [-0.15, -0.1) is 11.3 Å². The second-order valence-electron chi connectivity index (χ2n) is 2.92. The SMILES string of the molecule is CS(=O)(=O)NCCCNc1nc(Cl)cs1. The van der Waals surface area contributed by atoms with Crippen LogP contribution in [0.2, 0.25) is 5.15 Å². The number of rotatable bonds is 6. The van der Waals surface area contributed by atoms with E-state index in [4.69, 9.17) is 11.6 Å². The van der Waals surface area contributed by atoms with E-state index in [1.54, 1.807) is 5.38 Å². The van der Waals surface area contributed by atoms with Gasteiger partial charge in [0.15, 0.2) is 5.13 Å². The lowest BCUT2D eigenvalue weighted by molar-refractivity contribution is 0.586. The summed E-state index contributed by atoms with van der Waals surface area (Å²) in [6.07, 6.45) is 1.84. The second kappa shape index (κ2) is 5.64. The quantitative estimate of drug-likeness (QED) is 0.760. The molecule has 86 valence electrons. The molecule has 0 radical (unpaired) electrons. The molecule has 15 heavy (non-hydrogen) atoms. The molecule has 8 heteroatoms. The smallest absolute Gasteiger partial charge is 0.208 e. The van der Waals surface area contributed by atoms with E-state index in [0.717, 1.165) is 11.4 Å². The molecule has 0 aromatic carbocycles. The standard InChI is InChI=1S/C7H12ClN3O2S2/c1-15(12,13)10-4-2-3-9-7-11-6(8)5-14-7/h5,10H,2-4H2,1H3,(H,9,11). The first kappa shape index (κ1) is 12.7. The van der Waals surface area contributed by atoms with Gasteiger partial charge in [0.25, 0.3) is 0 Å². The predicted octanol–water partition coefficient (Wildman–Crippen LogP) is 1.15. The maximum atomic E-state index is 10.7. The van der Waals surface area contributed by atoms with Crippen molar-refractivity contribution in [3.8, 4) is 0 Å². The third-order valence-corrected chi connectivity index (χ3v) is 3.32. The summed E-state index contributed by atoms with van der Waals surface area (Å²) in [6, 6.07) is 0. The van der Waals surface area contributed by atoms with Crippen molar-refractivity contribution in [2.75, 3.05) is 24.7 Å². The first-order valence-electron chi connectivity index (χ1n) is 4.27. The number of sulfonamides is 1. The average molecular weight is 270 g/mol. The summed E-state index contributed by atoms with van der Waals surface area (Å²) in [7, 11) is -3.08. The lowest BCUT2D eigenvalue weighted by Gasteiger charge is -2.02. The van der Waals surface area contributed by atoms with Gasteiger partial charge in [0.05, 0.1) is 6.26 Å². The van der Waals surface area contributed by atoms with Crippen molar-refractivity contribution in [1.29, 1.82) is 0 Å². The molecular weight excluding hydrogens is 258 g/mol. The van der Waals surface area contributed by atoms with E-state index in [-0.39, 0.29) is 0 Å². The third-order valence-electron chi connectivity index (χ3n) is 1.47. The van der Waals surface area contributed by atoms with Gasteiger partial charge in [-0.25, -0.2) is 18.1 Å². The van der Waals surface area contributed by atoms with E-state index < -0.39 is 10.0 Å². The summed E-state index contributed by atoms with van der Waals surface area (Å²) in [5.74, 6) is 0. The minimum Gasteiger partial charge on any atom is -0.361 e. The molecule has 0 saturated heterocycles. The van der Waals surface area contributed by atoms with Crippen LogP contribution in [0.25, 0.3) is 0 Å². The van der Waals surface area contributed by atoms with Crippen LogP contribution in [0.15, 0.2) is 5.38 Å². The molecule has 0 saturated carbocycles. The molecule has 0 amide bonds. The van der Waals surface area contributed by atoms with Crippen LogP contribution in [-0.4, -0.2) is 32.7 Å².